The number of piperazine rings is 1. The second-order valence-electron chi connectivity index (χ2n) is 7.19. The van der Waals surface area contributed by atoms with Crippen molar-refractivity contribution in [3.8, 4) is 0 Å². The molecule has 1 aromatic heterocycles. The SMILES string of the molecule is Cc1ccc([C@H](C)CCN2CCN(c3cccc(C)c3C)CC2)o1. The number of hydrogen-bond acceptors (Lipinski definition) is 3. The zero-order valence-electron chi connectivity index (χ0n) is 15.5. The second-order valence-corrected chi connectivity index (χ2v) is 7.19. The Bertz CT molecular complexity index is 668. The first kappa shape index (κ1) is 17.1. The quantitative estimate of drug-likeness (QED) is 0.805. The Morgan fingerprint density at radius 2 is 1.75 bits per heavy atom. The average molecular weight is 326 g/mol. The Kier molecular flexibility index (Phi) is 5.30. The number of nitrogens with zero attached hydrogens (tertiary/aromatic N) is 2. The average Bonchev–Trinajstić information content (AvgIpc) is 3.02. The van der Waals surface area contributed by atoms with Crippen LogP contribution in [-0.2, 0) is 0 Å². The Morgan fingerprint density at radius 3 is 2.42 bits per heavy atom. The zero-order valence-corrected chi connectivity index (χ0v) is 15.5. The molecule has 3 rings (SSSR count). The van der Waals surface area contributed by atoms with Gasteiger partial charge < -0.3 is 9.32 Å². The first-order chi connectivity index (χ1) is 11.5. The van der Waals surface area contributed by atoms with Crippen LogP contribution in [0.2, 0.25) is 0 Å². The number of aryl methyl sites for hydroxylation is 2. The highest BCUT2D eigenvalue weighted by Gasteiger charge is 2.19. The first-order valence-corrected chi connectivity index (χ1v) is 9.14. The largest absolute Gasteiger partial charge is 0.466 e. The summed E-state index contributed by atoms with van der Waals surface area (Å²) < 4.78 is 5.76. The summed E-state index contributed by atoms with van der Waals surface area (Å²) in [6.07, 6.45) is 1.16. The molecular formula is C21H30N2O. The molecule has 0 amide bonds. The van der Waals surface area contributed by atoms with E-state index in [1.165, 1.54) is 16.8 Å². The normalized spacial score (nSPS) is 17.2. The van der Waals surface area contributed by atoms with Gasteiger partial charge in [0.15, 0.2) is 0 Å². The van der Waals surface area contributed by atoms with Crippen LogP contribution in [0.4, 0.5) is 5.69 Å². The van der Waals surface area contributed by atoms with Crippen LogP contribution in [0.15, 0.2) is 34.7 Å². The molecule has 130 valence electrons. The second kappa shape index (κ2) is 7.43. The van der Waals surface area contributed by atoms with Gasteiger partial charge in [0.1, 0.15) is 11.5 Å². The van der Waals surface area contributed by atoms with Crippen LogP contribution in [0, 0.1) is 20.8 Å². The zero-order chi connectivity index (χ0) is 17.1. The molecule has 3 heteroatoms. The predicted molar refractivity (Wildman–Crippen MR) is 101 cm³/mol. The molecular weight excluding hydrogens is 296 g/mol. The van der Waals surface area contributed by atoms with Crippen molar-refractivity contribution < 1.29 is 4.42 Å². The van der Waals surface area contributed by atoms with Gasteiger partial charge in [0.2, 0.25) is 0 Å². The van der Waals surface area contributed by atoms with Crippen molar-refractivity contribution in [3.05, 3.63) is 53.0 Å². The number of hydrogen-bond donors (Lipinski definition) is 0. The third-order valence-corrected chi connectivity index (χ3v) is 5.41. The molecule has 0 aliphatic carbocycles. The van der Waals surface area contributed by atoms with E-state index in [1.54, 1.807) is 0 Å². The Balaban J connectivity index is 1.49. The van der Waals surface area contributed by atoms with Crippen molar-refractivity contribution >= 4 is 5.69 Å². The van der Waals surface area contributed by atoms with E-state index in [2.05, 4.69) is 60.9 Å². The molecule has 2 aromatic rings. The van der Waals surface area contributed by atoms with Crippen LogP contribution in [0.25, 0.3) is 0 Å². The summed E-state index contributed by atoms with van der Waals surface area (Å²) in [4.78, 5) is 5.13. The van der Waals surface area contributed by atoms with Crippen molar-refractivity contribution in [1.29, 1.82) is 0 Å². The van der Waals surface area contributed by atoms with E-state index in [0.29, 0.717) is 5.92 Å². The fourth-order valence-electron chi connectivity index (χ4n) is 3.53. The molecule has 0 radical (unpaired) electrons. The van der Waals surface area contributed by atoms with Crippen molar-refractivity contribution in [1.82, 2.24) is 4.90 Å². The topological polar surface area (TPSA) is 19.6 Å². The minimum Gasteiger partial charge on any atom is -0.466 e. The van der Waals surface area contributed by atoms with Gasteiger partial charge >= 0.3 is 0 Å². The molecule has 24 heavy (non-hydrogen) atoms. The summed E-state index contributed by atoms with van der Waals surface area (Å²) in [5, 5.41) is 0. The molecule has 0 spiro atoms. The fourth-order valence-corrected chi connectivity index (χ4v) is 3.53. The maximum Gasteiger partial charge on any atom is 0.107 e. The van der Waals surface area contributed by atoms with E-state index in [4.69, 9.17) is 4.42 Å². The maximum absolute atomic E-state index is 5.76. The third-order valence-electron chi connectivity index (χ3n) is 5.41. The Morgan fingerprint density at radius 1 is 1.00 bits per heavy atom. The fraction of sp³-hybridized carbons (Fsp3) is 0.524. The molecule has 3 nitrogen and oxygen atoms in total. The van der Waals surface area contributed by atoms with E-state index >= 15 is 0 Å². The lowest BCUT2D eigenvalue weighted by Crippen LogP contribution is -2.47. The lowest BCUT2D eigenvalue weighted by atomic mass is 10.0. The lowest BCUT2D eigenvalue weighted by molar-refractivity contribution is 0.246. The third kappa shape index (κ3) is 3.84. The number of furan rings is 1. The predicted octanol–water partition coefficient (Wildman–Crippen LogP) is 4.52. The molecule has 0 bridgehead atoms. The molecule has 1 aliphatic rings. The van der Waals surface area contributed by atoms with Gasteiger partial charge in [-0.15, -0.1) is 0 Å². The summed E-state index contributed by atoms with van der Waals surface area (Å²) in [6, 6.07) is 10.8. The van der Waals surface area contributed by atoms with Crippen molar-refractivity contribution in [2.45, 2.75) is 40.0 Å². The highest BCUT2D eigenvalue weighted by Crippen LogP contribution is 2.25. The molecule has 1 saturated heterocycles. The standard InChI is InChI=1S/C21H30N2O/c1-16-6-5-7-20(19(16)4)23-14-12-22(13-15-23)11-10-17(2)21-9-8-18(3)24-21/h5-9,17H,10-15H2,1-4H3/t17-/m1/s1. The smallest absolute Gasteiger partial charge is 0.107 e. The molecule has 1 atom stereocenters. The number of anilines is 1. The molecule has 0 N–H and O–H groups in total. The van der Waals surface area contributed by atoms with E-state index in [0.717, 1.165) is 50.7 Å². The monoisotopic (exact) mass is 326 g/mol. The summed E-state index contributed by atoms with van der Waals surface area (Å²) in [6.45, 7) is 14.4. The van der Waals surface area contributed by atoms with Crippen molar-refractivity contribution in [3.63, 3.8) is 0 Å². The summed E-state index contributed by atoms with van der Waals surface area (Å²) >= 11 is 0. The van der Waals surface area contributed by atoms with Gasteiger partial charge in [-0.1, -0.05) is 19.1 Å². The molecule has 1 aliphatic heterocycles. The van der Waals surface area contributed by atoms with Crippen molar-refractivity contribution in [2.75, 3.05) is 37.6 Å². The molecule has 0 saturated carbocycles. The van der Waals surface area contributed by atoms with Gasteiger partial charge in [-0.25, -0.2) is 0 Å². The van der Waals surface area contributed by atoms with Gasteiger partial charge in [0, 0.05) is 37.8 Å². The number of benzene rings is 1. The summed E-state index contributed by atoms with van der Waals surface area (Å²) in [5.74, 6) is 2.64. The van der Waals surface area contributed by atoms with E-state index < -0.39 is 0 Å². The number of rotatable bonds is 5. The van der Waals surface area contributed by atoms with Crippen LogP contribution in [0.3, 0.4) is 0 Å². The van der Waals surface area contributed by atoms with Gasteiger partial charge in [0.25, 0.3) is 0 Å². The van der Waals surface area contributed by atoms with Crippen LogP contribution >= 0.6 is 0 Å². The van der Waals surface area contributed by atoms with E-state index in [9.17, 15) is 0 Å². The summed E-state index contributed by atoms with van der Waals surface area (Å²) in [7, 11) is 0. The molecule has 0 unspecified atom stereocenters. The van der Waals surface area contributed by atoms with E-state index in [-0.39, 0.29) is 0 Å². The van der Waals surface area contributed by atoms with Crippen LogP contribution < -0.4 is 4.90 Å². The maximum atomic E-state index is 5.76. The highest BCUT2D eigenvalue weighted by molar-refractivity contribution is 5.56. The van der Waals surface area contributed by atoms with E-state index in [1.807, 2.05) is 6.92 Å². The molecule has 1 fully saturated rings. The van der Waals surface area contributed by atoms with Crippen molar-refractivity contribution in [2.24, 2.45) is 0 Å². The van der Waals surface area contributed by atoms with Gasteiger partial charge in [0.05, 0.1) is 0 Å². The Labute approximate surface area is 146 Å². The van der Waals surface area contributed by atoms with Gasteiger partial charge in [-0.05, 0) is 63.1 Å². The summed E-state index contributed by atoms with van der Waals surface area (Å²) in [5.41, 5.74) is 4.22. The molecule has 1 aromatic carbocycles. The lowest BCUT2D eigenvalue weighted by Gasteiger charge is -2.37. The highest BCUT2D eigenvalue weighted by atomic mass is 16.3. The van der Waals surface area contributed by atoms with Crippen LogP contribution in [0.1, 0.15) is 41.9 Å². The minimum atomic E-state index is 0.496. The van der Waals surface area contributed by atoms with Crippen LogP contribution in [-0.4, -0.2) is 37.6 Å². The minimum absolute atomic E-state index is 0.496. The first-order valence-electron chi connectivity index (χ1n) is 9.14. The van der Waals surface area contributed by atoms with Gasteiger partial charge in [-0.2, -0.15) is 0 Å². The van der Waals surface area contributed by atoms with Gasteiger partial charge in [-0.3, -0.25) is 4.90 Å². The van der Waals surface area contributed by atoms with Crippen LogP contribution in [0.5, 0.6) is 0 Å². The Hall–Kier alpha value is -1.74. The molecule has 2 heterocycles.